The number of rotatable bonds is 14. The predicted molar refractivity (Wildman–Crippen MR) is 160 cm³/mol. The van der Waals surface area contributed by atoms with Crippen LogP contribution in [0.4, 0.5) is 0 Å². The first-order chi connectivity index (χ1) is 16.8. The van der Waals surface area contributed by atoms with Gasteiger partial charge in [0, 0.05) is 6.42 Å². The first-order valence-corrected chi connectivity index (χ1v) is 16.5. The molecule has 3 nitrogen and oxygen atoms in total. The van der Waals surface area contributed by atoms with Gasteiger partial charge in [0.05, 0.1) is 12.1 Å². The number of carbonyl (C=O) groups is 1. The number of fused-ring (bicyclic) bond motifs is 2. The van der Waals surface area contributed by atoms with E-state index in [1.54, 1.807) is 0 Å². The van der Waals surface area contributed by atoms with E-state index in [4.69, 9.17) is 0 Å². The largest absolute Gasteiger partial charge is 0.394 e. The Morgan fingerprint density at radius 2 is 1.40 bits per heavy atom. The van der Waals surface area contributed by atoms with Crippen LogP contribution < -0.4 is 5.32 Å². The van der Waals surface area contributed by atoms with E-state index < -0.39 is 5.54 Å². The van der Waals surface area contributed by atoms with E-state index in [1.807, 2.05) is 41.5 Å². The Balaban J connectivity index is 0. The molecule has 2 aliphatic rings. The van der Waals surface area contributed by atoms with Crippen LogP contribution in [0.25, 0.3) is 0 Å². The molecule has 35 heavy (non-hydrogen) atoms. The van der Waals surface area contributed by atoms with Crippen LogP contribution in [-0.4, -0.2) is 34.7 Å². The molecule has 0 saturated heterocycles. The number of carbonyl (C=O) groups excluding carboxylic acids is 1. The Morgan fingerprint density at radius 1 is 0.886 bits per heavy atom. The fraction of sp³-hybridized carbons (Fsp3) is 0.968. The van der Waals surface area contributed by atoms with Crippen molar-refractivity contribution in [1.29, 1.82) is 0 Å². The van der Waals surface area contributed by atoms with E-state index in [0.717, 1.165) is 18.8 Å². The van der Waals surface area contributed by atoms with Gasteiger partial charge >= 0.3 is 0 Å². The minimum absolute atomic E-state index is 0.0380. The Labute approximate surface area is 225 Å². The van der Waals surface area contributed by atoms with E-state index in [2.05, 4.69) is 44.8 Å². The molecule has 0 atom stereocenters. The van der Waals surface area contributed by atoms with Gasteiger partial charge in [-0.05, 0) is 79.6 Å². The number of hydrogen-bond acceptors (Lipinski definition) is 3. The van der Waals surface area contributed by atoms with Gasteiger partial charge in [0.15, 0.2) is 0 Å². The van der Waals surface area contributed by atoms with Crippen LogP contribution in [0.15, 0.2) is 0 Å². The molecule has 2 rings (SSSR count). The highest BCUT2D eigenvalue weighted by atomic mass is 32.2. The van der Waals surface area contributed by atoms with Crippen LogP contribution in [-0.2, 0) is 4.79 Å². The van der Waals surface area contributed by atoms with Crippen LogP contribution in [0.3, 0.4) is 0 Å². The summed E-state index contributed by atoms with van der Waals surface area (Å²) in [5.74, 6) is 3.71. The van der Waals surface area contributed by atoms with E-state index in [-0.39, 0.29) is 17.9 Å². The Bertz CT molecular complexity index is 484. The molecule has 0 aromatic carbocycles. The van der Waals surface area contributed by atoms with Crippen LogP contribution in [0, 0.1) is 16.7 Å². The molecule has 2 aliphatic carbocycles. The third-order valence-corrected chi connectivity index (χ3v) is 9.84. The summed E-state index contributed by atoms with van der Waals surface area (Å²) in [5, 5.41) is 12.8. The molecule has 1 amide bonds. The van der Waals surface area contributed by atoms with Gasteiger partial charge in [-0.3, -0.25) is 4.79 Å². The maximum absolute atomic E-state index is 12.6. The molecule has 0 unspecified atom stereocenters. The van der Waals surface area contributed by atoms with Crippen molar-refractivity contribution in [3.05, 3.63) is 0 Å². The molecule has 2 N–H and O–H groups in total. The third-order valence-electron chi connectivity index (χ3n) is 8.33. The van der Waals surface area contributed by atoms with Crippen molar-refractivity contribution in [2.45, 2.75) is 158 Å². The van der Waals surface area contributed by atoms with Crippen LogP contribution in [0.5, 0.6) is 0 Å². The van der Waals surface area contributed by atoms with Gasteiger partial charge < -0.3 is 10.4 Å². The highest BCUT2D eigenvalue weighted by Gasteiger charge is 2.54. The Kier molecular flexibility index (Phi) is 21.9. The summed E-state index contributed by atoms with van der Waals surface area (Å²) in [6.07, 6.45) is 15.3. The number of nitrogens with one attached hydrogen (secondary N) is 1. The lowest BCUT2D eigenvalue weighted by Crippen LogP contribution is -2.51. The molecule has 2 bridgehead atoms. The number of thioether (sulfide) groups is 1. The minimum Gasteiger partial charge on any atom is -0.394 e. The summed E-state index contributed by atoms with van der Waals surface area (Å²) in [6, 6.07) is 0. The highest BCUT2D eigenvalue weighted by Crippen LogP contribution is 2.63. The van der Waals surface area contributed by atoms with E-state index in [9.17, 15) is 9.90 Å². The lowest BCUT2D eigenvalue weighted by atomic mass is 9.80. The van der Waals surface area contributed by atoms with Gasteiger partial charge in [0.25, 0.3) is 0 Å². The molecule has 0 radical (unpaired) electrons. The summed E-state index contributed by atoms with van der Waals surface area (Å²) < 4.78 is 0. The molecule has 0 spiro atoms. The van der Waals surface area contributed by atoms with E-state index >= 15 is 0 Å². The van der Waals surface area contributed by atoms with E-state index in [0.29, 0.717) is 11.8 Å². The van der Waals surface area contributed by atoms with Crippen molar-refractivity contribution in [2.75, 3.05) is 18.1 Å². The maximum atomic E-state index is 12.6. The first kappa shape index (κ1) is 36.9. The van der Waals surface area contributed by atoms with Gasteiger partial charge in [-0.1, -0.05) is 94.9 Å². The summed E-state index contributed by atoms with van der Waals surface area (Å²) in [4.78, 5) is 12.6. The van der Waals surface area contributed by atoms with E-state index in [1.165, 1.54) is 75.7 Å². The summed E-state index contributed by atoms with van der Waals surface area (Å²) in [5.41, 5.74) is 0.349. The molecule has 0 aliphatic heterocycles. The molecular formula is C31H65NO2S. The Morgan fingerprint density at radius 3 is 1.77 bits per heavy atom. The van der Waals surface area contributed by atoms with Crippen molar-refractivity contribution >= 4 is 17.7 Å². The quantitative estimate of drug-likeness (QED) is 0.226. The standard InChI is InChI=1S/C19H35NO2S.C8H18.2C2H6/c1-4-11-23-15-18-9-7-17(13-18,8-10-18)12-16(22)20-19(5-2,6-3)14-21;1-4-7-8(5-2)6-3;2*1-2/h21H,4-15H2,1-3H3,(H,20,22);8H,4-7H2,1-3H3;2*1-2H3. The lowest BCUT2D eigenvalue weighted by Gasteiger charge is -2.33. The van der Waals surface area contributed by atoms with Gasteiger partial charge in [0.2, 0.25) is 5.91 Å². The topological polar surface area (TPSA) is 49.3 Å². The van der Waals surface area contributed by atoms with Crippen molar-refractivity contribution in [3.63, 3.8) is 0 Å². The summed E-state index contributed by atoms with van der Waals surface area (Å²) in [6.45, 7) is 21.2. The molecule has 4 heteroatoms. The molecule has 2 saturated carbocycles. The van der Waals surface area contributed by atoms with Gasteiger partial charge in [0.1, 0.15) is 0 Å². The zero-order chi connectivity index (χ0) is 27.4. The predicted octanol–water partition coefficient (Wildman–Crippen LogP) is 9.41. The number of amides is 1. The molecular weight excluding hydrogens is 450 g/mol. The van der Waals surface area contributed by atoms with Gasteiger partial charge in [-0.15, -0.1) is 0 Å². The van der Waals surface area contributed by atoms with Crippen molar-refractivity contribution in [1.82, 2.24) is 5.32 Å². The summed E-state index contributed by atoms with van der Waals surface area (Å²) in [7, 11) is 0. The second kappa shape index (κ2) is 20.8. The maximum Gasteiger partial charge on any atom is 0.221 e. The average Bonchev–Trinajstić information content (AvgIpc) is 3.44. The Hall–Kier alpha value is -0.220. The van der Waals surface area contributed by atoms with Crippen LogP contribution in [0.2, 0.25) is 0 Å². The minimum atomic E-state index is -0.418. The molecule has 0 heterocycles. The fourth-order valence-corrected chi connectivity index (χ4v) is 7.06. The monoisotopic (exact) mass is 515 g/mol. The lowest BCUT2D eigenvalue weighted by molar-refractivity contribution is -0.126. The van der Waals surface area contributed by atoms with Crippen LogP contribution in [0.1, 0.15) is 153 Å². The zero-order valence-electron chi connectivity index (χ0n) is 25.7. The fourth-order valence-electron chi connectivity index (χ4n) is 5.80. The number of aliphatic hydroxyl groups excluding tert-OH is 1. The number of aliphatic hydroxyl groups is 1. The average molecular weight is 516 g/mol. The molecule has 0 aromatic rings. The van der Waals surface area contributed by atoms with Gasteiger partial charge in [-0.2, -0.15) is 11.8 Å². The molecule has 0 aromatic heterocycles. The number of hydrogen-bond donors (Lipinski definition) is 2. The van der Waals surface area contributed by atoms with Crippen molar-refractivity contribution < 1.29 is 9.90 Å². The summed E-state index contributed by atoms with van der Waals surface area (Å²) >= 11 is 2.11. The first-order valence-electron chi connectivity index (χ1n) is 15.3. The normalized spacial score (nSPS) is 22.4. The second-order valence-electron chi connectivity index (χ2n) is 10.6. The SMILES string of the molecule is CC.CC.CCCC(CC)CC.CCCSCC12CCC(CC(=O)NC(CC)(CC)CO)(CC1)C2. The zero-order valence-corrected chi connectivity index (χ0v) is 26.5. The van der Waals surface area contributed by atoms with Crippen molar-refractivity contribution in [3.8, 4) is 0 Å². The third kappa shape index (κ3) is 12.7. The van der Waals surface area contributed by atoms with Crippen molar-refractivity contribution in [2.24, 2.45) is 16.7 Å². The molecule has 2 fully saturated rings. The molecule has 212 valence electrons. The second-order valence-corrected chi connectivity index (χ2v) is 11.7. The smallest absolute Gasteiger partial charge is 0.221 e. The highest BCUT2D eigenvalue weighted by molar-refractivity contribution is 7.99. The van der Waals surface area contributed by atoms with Gasteiger partial charge in [-0.25, -0.2) is 0 Å². The van der Waals surface area contributed by atoms with Crippen LogP contribution >= 0.6 is 11.8 Å².